The van der Waals surface area contributed by atoms with Crippen molar-refractivity contribution in [1.29, 1.82) is 0 Å². The SMILES string of the molecule is CC(=O)NCCN(Cc1ccc(-c2ccncc2)cc1F)C(C)C(=O)O. The molecule has 1 heterocycles. The van der Waals surface area contributed by atoms with Crippen LogP contribution < -0.4 is 5.32 Å². The number of carboxylic acid groups (broad SMARTS) is 1. The van der Waals surface area contributed by atoms with Crippen LogP contribution in [0, 0.1) is 5.82 Å². The molecule has 1 unspecified atom stereocenters. The van der Waals surface area contributed by atoms with Gasteiger partial charge in [-0.2, -0.15) is 0 Å². The first-order chi connectivity index (χ1) is 12.4. The molecule has 7 heteroatoms. The van der Waals surface area contributed by atoms with E-state index in [0.717, 1.165) is 11.1 Å². The minimum Gasteiger partial charge on any atom is -0.480 e. The first-order valence-corrected chi connectivity index (χ1v) is 8.28. The van der Waals surface area contributed by atoms with Crippen molar-refractivity contribution in [3.05, 3.63) is 54.1 Å². The summed E-state index contributed by atoms with van der Waals surface area (Å²) in [6.07, 6.45) is 3.28. The highest BCUT2D eigenvalue weighted by Crippen LogP contribution is 2.22. The van der Waals surface area contributed by atoms with Crippen LogP contribution in [0.25, 0.3) is 11.1 Å². The topological polar surface area (TPSA) is 82.5 Å². The van der Waals surface area contributed by atoms with Gasteiger partial charge in [-0.1, -0.05) is 12.1 Å². The predicted octanol–water partition coefficient (Wildman–Crippen LogP) is 2.30. The third-order valence-electron chi connectivity index (χ3n) is 4.12. The molecule has 0 saturated carbocycles. The van der Waals surface area contributed by atoms with Gasteiger partial charge in [0.15, 0.2) is 0 Å². The molecule has 138 valence electrons. The smallest absolute Gasteiger partial charge is 0.320 e. The molecule has 0 bridgehead atoms. The molecule has 0 aliphatic rings. The van der Waals surface area contributed by atoms with Gasteiger partial charge in [0.05, 0.1) is 0 Å². The Bertz CT molecular complexity index is 768. The minimum atomic E-state index is -0.998. The second-order valence-electron chi connectivity index (χ2n) is 6.01. The molecule has 0 fully saturated rings. The van der Waals surface area contributed by atoms with Crippen molar-refractivity contribution in [3.8, 4) is 11.1 Å². The Morgan fingerprint density at radius 3 is 2.50 bits per heavy atom. The molecule has 2 aromatic rings. The lowest BCUT2D eigenvalue weighted by molar-refractivity contribution is -0.142. The fraction of sp³-hybridized carbons (Fsp3) is 0.316. The molecule has 1 aromatic carbocycles. The molecule has 0 saturated heterocycles. The molecule has 6 nitrogen and oxygen atoms in total. The standard InChI is InChI=1S/C19H22FN3O3/c1-13(19(25)26)23(10-9-22-14(2)24)12-17-4-3-16(11-18(17)20)15-5-7-21-8-6-15/h3-8,11,13H,9-10,12H2,1-2H3,(H,22,24)(H,25,26). The third-order valence-corrected chi connectivity index (χ3v) is 4.12. The number of hydrogen-bond acceptors (Lipinski definition) is 4. The van der Waals surface area contributed by atoms with Crippen LogP contribution in [0.15, 0.2) is 42.7 Å². The molecule has 1 amide bonds. The summed E-state index contributed by atoms with van der Waals surface area (Å²) in [7, 11) is 0. The van der Waals surface area contributed by atoms with Gasteiger partial charge >= 0.3 is 5.97 Å². The summed E-state index contributed by atoms with van der Waals surface area (Å²) in [4.78, 5) is 27.9. The van der Waals surface area contributed by atoms with Crippen LogP contribution in [-0.4, -0.2) is 46.0 Å². The number of benzene rings is 1. The van der Waals surface area contributed by atoms with Crippen molar-refractivity contribution in [2.45, 2.75) is 26.4 Å². The van der Waals surface area contributed by atoms with Crippen LogP contribution >= 0.6 is 0 Å². The Labute approximate surface area is 151 Å². The third kappa shape index (κ3) is 5.35. The van der Waals surface area contributed by atoms with Crippen LogP contribution in [-0.2, 0) is 16.1 Å². The van der Waals surface area contributed by atoms with Crippen molar-refractivity contribution in [2.75, 3.05) is 13.1 Å². The zero-order valence-electron chi connectivity index (χ0n) is 14.8. The average Bonchev–Trinajstić information content (AvgIpc) is 2.62. The number of hydrogen-bond donors (Lipinski definition) is 2. The Balaban J connectivity index is 2.16. The Kier molecular flexibility index (Phi) is 6.80. The maximum atomic E-state index is 14.6. The van der Waals surface area contributed by atoms with Gasteiger partial charge in [-0.05, 0) is 36.2 Å². The number of carbonyl (C=O) groups excluding carboxylic acids is 1. The lowest BCUT2D eigenvalue weighted by Crippen LogP contribution is -2.42. The monoisotopic (exact) mass is 359 g/mol. The van der Waals surface area contributed by atoms with Gasteiger partial charge in [-0.3, -0.25) is 19.5 Å². The average molecular weight is 359 g/mol. The van der Waals surface area contributed by atoms with Crippen LogP contribution in [0.2, 0.25) is 0 Å². The van der Waals surface area contributed by atoms with Gasteiger partial charge < -0.3 is 10.4 Å². The van der Waals surface area contributed by atoms with Gasteiger partial charge in [0.25, 0.3) is 0 Å². The fourth-order valence-corrected chi connectivity index (χ4v) is 2.56. The summed E-state index contributed by atoms with van der Waals surface area (Å²) >= 11 is 0. The number of nitrogens with zero attached hydrogens (tertiary/aromatic N) is 2. The highest BCUT2D eigenvalue weighted by molar-refractivity contribution is 5.73. The minimum absolute atomic E-state index is 0.134. The largest absolute Gasteiger partial charge is 0.480 e. The van der Waals surface area contributed by atoms with Gasteiger partial charge in [-0.15, -0.1) is 0 Å². The quantitative estimate of drug-likeness (QED) is 0.756. The van der Waals surface area contributed by atoms with Crippen molar-refractivity contribution in [1.82, 2.24) is 15.2 Å². The molecule has 0 spiro atoms. The van der Waals surface area contributed by atoms with Crippen molar-refractivity contribution >= 4 is 11.9 Å². The van der Waals surface area contributed by atoms with E-state index in [0.29, 0.717) is 18.7 Å². The summed E-state index contributed by atoms with van der Waals surface area (Å²) in [6, 6.07) is 7.67. The lowest BCUT2D eigenvalue weighted by Gasteiger charge is -2.26. The molecular formula is C19H22FN3O3. The van der Waals surface area contributed by atoms with Crippen molar-refractivity contribution in [3.63, 3.8) is 0 Å². The van der Waals surface area contributed by atoms with E-state index in [1.807, 2.05) is 0 Å². The molecule has 2 N–H and O–H groups in total. The second-order valence-corrected chi connectivity index (χ2v) is 6.01. The molecule has 0 aliphatic carbocycles. The summed E-state index contributed by atoms with van der Waals surface area (Å²) in [6.45, 7) is 3.67. The molecule has 0 radical (unpaired) electrons. The second kappa shape index (κ2) is 9.05. The van der Waals surface area contributed by atoms with E-state index in [1.165, 1.54) is 13.0 Å². The predicted molar refractivity (Wildman–Crippen MR) is 95.8 cm³/mol. The van der Waals surface area contributed by atoms with E-state index < -0.39 is 17.8 Å². The summed E-state index contributed by atoms with van der Waals surface area (Å²) in [5.41, 5.74) is 1.98. The number of aliphatic carboxylic acids is 1. The summed E-state index contributed by atoms with van der Waals surface area (Å²) < 4.78 is 14.6. The number of aromatic nitrogens is 1. The van der Waals surface area contributed by atoms with Gasteiger partial charge in [0.2, 0.25) is 5.91 Å². The Morgan fingerprint density at radius 2 is 1.92 bits per heavy atom. The number of pyridine rings is 1. The van der Waals surface area contributed by atoms with E-state index in [2.05, 4.69) is 10.3 Å². The molecular weight excluding hydrogens is 337 g/mol. The Hall–Kier alpha value is -2.80. The zero-order valence-corrected chi connectivity index (χ0v) is 14.8. The number of rotatable bonds is 8. The van der Waals surface area contributed by atoms with E-state index in [1.54, 1.807) is 48.5 Å². The molecule has 2 rings (SSSR count). The molecule has 26 heavy (non-hydrogen) atoms. The van der Waals surface area contributed by atoms with Crippen molar-refractivity contribution < 1.29 is 19.1 Å². The number of halogens is 1. The number of nitrogens with one attached hydrogen (secondary N) is 1. The van der Waals surface area contributed by atoms with E-state index >= 15 is 0 Å². The molecule has 1 atom stereocenters. The Morgan fingerprint density at radius 1 is 1.23 bits per heavy atom. The first-order valence-electron chi connectivity index (χ1n) is 8.28. The van der Waals surface area contributed by atoms with Gasteiger partial charge in [0.1, 0.15) is 11.9 Å². The first kappa shape index (κ1) is 19.5. The molecule has 0 aliphatic heterocycles. The number of amides is 1. The maximum absolute atomic E-state index is 14.6. The van der Waals surface area contributed by atoms with Crippen LogP contribution in [0.3, 0.4) is 0 Å². The highest BCUT2D eigenvalue weighted by atomic mass is 19.1. The zero-order chi connectivity index (χ0) is 19.1. The number of carbonyl (C=O) groups is 2. The van der Waals surface area contributed by atoms with E-state index in [4.69, 9.17) is 0 Å². The summed E-state index contributed by atoms with van der Waals surface area (Å²) in [5.74, 6) is -1.59. The van der Waals surface area contributed by atoms with Crippen LogP contribution in [0.1, 0.15) is 19.4 Å². The lowest BCUT2D eigenvalue weighted by atomic mass is 10.0. The maximum Gasteiger partial charge on any atom is 0.320 e. The number of carboxylic acids is 1. The van der Waals surface area contributed by atoms with Crippen molar-refractivity contribution in [2.24, 2.45) is 0 Å². The summed E-state index contributed by atoms with van der Waals surface area (Å²) in [5, 5.41) is 11.9. The van der Waals surface area contributed by atoms with Gasteiger partial charge in [0, 0.05) is 44.5 Å². The normalized spacial score (nSPS) is 12.0. The molecule has 1 aromatic heterocycles. The van der Waals surface area contributed by atoms with Crippen LogP contribution in [0.5, 0.6) is 0 Å². The van der Waals surface area contributed by atoms with E-state index in [-0.39, 0.29) is 12.5 Å². The highest BCUT2D eigenvalue weighted by Gasteiger charge is 2.21. The van der Waals surface area contributed by atoms with Crippen LogP contribution in [0.4, 0.5) is 4.39 Å². The van der Waals surface area contributed by atoms with E-state index in [9.17, 15) is 19.1 Å². The van der Waals surface area contributed by atoms with Gasteiger partial charge in [-0.25, -0.2) is 4.39 Å². The fourth-order valence-electron chi connectivity index (χ4n) is 2.56.